The van der Waals surface area contributed by atoms with Crippen LogP contribution in [-0.2, 0) is 28.9 Å². The van der Waals surface area contributed by atoms with Gasteiger partial charge in [0.15, 0.2) is 0 Å². The number of benzene rings is 1. The average molecular weight is 525 g/mol. The zero-order chi connectivity index (χ0) is 24.2. The standard InChI is InChI=1S/C25H31Cl2N3O3S/c1-16(2)33-25(32)23-17-6-3-4-9-21(17)34-24(23)28-22(31)15-30-12-10-29(11-13-30)14-18-19(26)7-5-8-20(18)27/h5,7-8,16H,3-4,6,9-15H2,1-2H3,(H,28,31). The summed E-state index contributed by atoms with van der Waals surface area (Å²) in [6, 6.07) is 5.57. The van der Waals surface area contributed by atoms with Crippen molar-refractivity contribution >= 4 is 51.4 Å². The minimum absolute atomic E-state index is 0.0974. The summed E-state index contributed by atoms with van der Waals surface area (Å²) in [6.07, 6.45) is 3.79. The van der Waals surface area contributed by atoms with E-state index in [0.717, 1.165) is 63.0 Å². The lowest BCUT2D eigenvalue weighted by atomic mass is 9.95. The van der Waals surface area contributed by atoms with E-state index in [1.807, 2.05) is 32.0 Å². The molecule has 1 fully saturated rings. The Kier molecular flexibility index (Phi) is 8.53. The third kappa shape index (κ3) is 6.13. The van der Waals surface area contributed by atoms with Crippen LogP contribution in [-0.4, -0.2) is 60.5 Å². The van der Waals surface area contributed by atoms with E-state index in [9.17, 15) is 9.59 Å². The van der Waals surface area contributed by atoms with Crippen molar-refractivity contribution in [2.24, 2.45) is 0 Å². The van der Waals surface area contributed by atoms with Gasteiger partial charge in [0.2, 0.25) is 5.91 Å². The molecule has 2 aromatic rings. The number of carbonyl (C=O) groups is 2. The fourth-order valence-corrected chi connectivity index (χ4v) is 6.34. The molecular formula is C25H31Cl2N3O3S. The average Bonchev–Trinajstić information content (AvgIpc) is 3.14. The Labute approximate surface area is 215 Å². The van der Waals surface area contributed by atoms with E-state index in [-0.39, 0.29) is 18.0 Å². The molecule has 1 N–H and O–H groups in total. The Bertz CT molecular complexity index is 1030. The van der Waals surface area contributed by atoms with Crippen molar-refractivity contribution in [2.75, 3.05) is 38.0 Å². The van der Waals surface area contributed by atoms with Gasteiger partial charge in [0.1, 0.15) is 5.00 Å². The predicted molar refractivity (Wildman–Crippen MR) is 138 cm³/mol. The smallest absolute Gasteiger partial charge is 0.341 e. The molecule has 1 amide bonds. The highest BCUT2D eigenvalue weighted by Gasteiger charge is 2.28. The Morgan fingerprint density at radius 2 is 1.71 bits per heavy atom. The molecule has 34 heavy (non-hydrogen) atoms. The van der Waals surface area contributed by atoms with Gasteiger partial charge in [0.25, 0.3) is 0 Å². The van der Waals surface area contributed by atoms with Crippen LogP contribution in [0.2, 0.25) is 10.0 Å². The maximum absolute atomic E-state index is 12.9. The molecule has 9 heteroatoms. The third-order valence-corrected chi connectivity index (χ3v) is 8.16. The summed E-state index contributed by atoms with van der Waals surface area (Å²) >= 11 is 14.2. The lowest BCUT2D eigenvalue weighted by Crippen LogP contribution is -2.48. The summed E-state index contributed by atoms with van der Waals surface area (Å²) in [5.74, 6) is -0.434. The molecule has 0 saturated carbocycles. The molecule has 2 aliphatic rings. The van der Waals surface area contributed by atoms with Crippen LogP contribution in [0.4, 0.5) is 5.00 Å². The highest BCUT2D eigenvalue weighted by molar-refractivity contribution is 7.17. The molecule has 0 unspecified atom stereocenters. The molecule has 4 rings (SSSR count). The molecule has 0 radical (unpaired) electrons. The van der Waals surface area contributed by atoms with Crippen LogP contribution < -0.4 is 5.32 Å². The summed E-state index contributed by atoms with van der Waals surface area (Å²) in [6.45, 7) is 7.88. The van der Waals surface area contributed by atoms with Crippen molar-refractivity contribution in [3.05, 3.63) is 49.8 Å². The Morgan fingerprint density at radius 3 is 2.38 bits per heavy atom. The van der Waals surface area contributed by atoms with Crippen molar-refractivity contribution in [1.82, 2.24) is 9.80 Å². The first kappa shape index (κ1) is 25.5. The van der Waals surface area contributed by atoms with Gasteiger partial charge in [-0.1, -0.05) is 29.3 Å². The number of thiophene rings is 1. The molecule has 1 aliphatic heterocycles. The number of rotatable bonds is 7. The first-order valence-corrected chi connectivity index (χ1v) is 13.4. The molecule has 1 aromatic heterocycles. The maximum Gasteiger partial charge on any atom is 0.341 e. The van der Waals surface area contributed by atoms with E-state index >= 15 is 0 Å². The molecule has 184 valence electrons. The van der Waals surface area contributed by atoms with Crippen LogP contribution in [0.5, 0.6) is 0 Å². The molecule has 1 aromatic carbocycles. The molecule has 0 atom stereocenters. The fourth-order valence-electron chi connectivity index (χ4n) is 4.52. The normalized spacial score (nSPS) is 17.0. The van der Waals surface area contributed by atoms with Gasteiger partial charge < -0.3 is 10.1 Å². The number of halogens is 2. The second-order valence-electron chi connectivity index (χ2n) is 9.17. The van der Waals surface area contributed by atoms with Gasteiger partial charge in [-0.25, -0.2) is 4.79 Å². The van der Waals surface area contributed by atoms with Crippen molar-refractivity contribution in [2.45, 2.75) is 52.2 Å². The van der Waals surface area contributed by atoms with Crippen molar-refractivity contribution in [3.63, 3.8) is 0 Å². The van der Waals surface area contributed by atoms with E-state index in [4.69, 9.17) is 27.9 Å². The van der Waals surface area contributed by atoms with Gasteiger partial charge in [-0.15, -0.1) is 11.3 Å². The number of aryl methyl sites for hydroxylation is 1. The predicted octanol–water partition coefficient (Wildman–Crippen LogP) is 5.26. The van der Waals surface area contributed by atoms with Gasteiger partial charge in [0.05, 0.1) is 18.2 Å². The quantitative estimate of drug-likeness (QED) is 0.501. The monoisotopic (exact) mass is 523 g/mol. The minimum atomic E-state index is -0.337. The molecule has 1 saturated heterocycles. The van der Waals surface area contributed by atoms with Crippen molar-refractivity contribution < 1.29 is 14.3 Å². The number of piperazine rings is 1. The van der Waals surface area contributed by atoms with E-state index in [1.54, 1.807) is 0 Å². The third-order valence-electron chi connectivity index (χ3n) is 6.25. The first-order chi connectivity index (χ1) is 16.3. The van der Waals surface area contributed by atoms with E-state index in [0.29, 0.717) is 33.7 Å². The lowest BCUT2D eigenvalue weighted by molar-refractivity contribution is -0.117. The molecule has 6 nitrogen and oxygen atoms in total. The first-order valence-electron chi connectivity index (χ1n) is 11.8. The van der Waals surface area contributed by atoms with Gasteiger partial charge >= 0.3 is 5.97 Å². The molecular weight excluding hydrogens is 493 g/mol. The summed E-state index contributed by atoms with van der Waals surface area (Å²) < 4.78 is 5.49. The van der Waals surface area contributed by atoms with Crippen LogP contribution in [0.25, 0.3) is 0 Å². The summed E-state index contributed by atoms with van der Waals surface area (Å²) in [5.41, 5.74) is 2.56. The summed E-state index contributed by atoms with van der Waals surface area (Å²) in [4.78, 5) is 31.4. The zero-order valence-electron chi connectivity index (χ0n) is 19.7. The Morgan fingerprint density at radius 1 is 1.06 bits per heavy atom. The molecule has 0 spiro atoms. The number of anilines is 1. The molecule has 2 heterocycles. The highest BCUT2D eigenvalue weighted by atomic mass is 35.5. The van der Waals surface area contributed by atoms with Gasteiger partial charge in [0, 0.05) is 53.2 Å². The van der Waals surface area contributed by atoms with Crippen LogP contribution in [0.15, 0.2) is 18.2 Å². The number of hydrogen-bond acceptors (Lipinski definition) is 6. The Balaban J connectivity index is 1.35. The van der Waals surface area contributed by atoms with Crippen LogP contribution in [0.1, 0.15) is 53.1 Å². The minimum Gasteiger partial charge on any atom is -0.459 e. The van der Waals surface area contributed by atoms with Gasteiger partial charge in [-0.2, -0.15) is 0 Å². The number of esters is 1. The molecule has 0 bridgehead atoms. The second-order valence-corrected chi connectivity index (χ2v) is 11.1. The van der Waals surface area contributed by atoms with Crippen molar-refractivity contribution in [3.8, 4) is 0 Å². The maximum atomic E-state index is 12.9. The topological polar surface area (TPSA) is 61.9 Å². The van der Waals surface area contributed by atoms with Crippen molar-refractivity contribution in [1.29, 1.82) is 0 Å². The highest BCUT2D eigenvalue weighted by Crippen LogP contribution is 2.38. The fraction of sp³-hybridized carbons (Fsp3) is 0.520. The van der Waals surface area contributed by atoms with Gasteiger partial charge in [-0.3, -0.25) is 14.6 Å². The number of nitrogens with one attached hydrogen (secondary N) is 1. The number of carbonyl (C=O) groups excluding carboxylic acids is 2. The number of nitrogens with zero attached hydrogens (tertiary/aromatic N) is 2. The van der Waals surface area contributed by atoms with E-state index in [2.05, 4.69) is 15.1 Å². The largest absolute Gasteiger partial charge is 0.459 e. The zero-order valence-corrected chi connectivity index (χ0v) is 22.0. The van der Waals surface area contributed by atoms with E-state index < -0.39 is 0 Å². The van der Waals surface area contributed by atoms with E-state index in [1.165, 1.54) is 16.2 Å². The SMILES string of the molecule is CC(C)OC(=O)c1c(NC(=O)CN2CCN(Cc3c(Cl)cccc3Cl)CC2)sc2c1CCCC2. The lowest BCUT2D eigenvalue weighted by Gasteiger charge is -2.34. The van der Waals surface area contributed by atoms with Gasteiger partial charge in [-0.05, 0) is 57.2 Å². The number of amides is 1. The van der Waals surface area contributed by atoms with Crippen LogP contribution >= 0.6 is 34.5 Å². The second kappa shape index (κ2) is 11.4. The Hall–Kier alpha value is -1.64. The number of ether oxygens (including phenoxy) is 1. The van der Waals surface area contributed by atoms with Crippen LogP contribution in [0, 0.1) is 0 Å². The van der Waals surface area contributed by atoms with Crippen LogP contribution in [0.3, 0.4) is 0 Å². The summed E-state index contributed by atoms with van der Waals surface area (Å²) in [5, 5.41) is 5.02. The summed E-state index contributed by atoms with van der Waals surface area (Å²) in [7, 11) is 0. The molecule has 1 aliphatic carbocycles. The number of hydrogen-bond donors (Lipinski definition) is 1. The number of fused-ring (bicyclic) bond motifs is 1.